The van der Waals surface area contributed by atoms with E-state index in [9.17, 15) is 9.59 Å². The number of carbonyl (C=O) groups excluding carboxylic acids is 2. The smallest absolute Gasteiger partial charge is 0.384 e. The molecule has 0 aliphatic carbocycles. The SMILES string of the molecule is CC(C)(C)COC(=O)C#CC(=O)OCC(C)(C)C. The maximum atomic E-state index is 11.2. The maximum Gasteiger partial charge on any atom is 0.384 e. The first-order chi connectivity index (χ1) is 7.99. The highest BCUT2D eigenvalue weighted by molar-refractivity contribution is 5.98. The zero-order valence-electron chi connectivity index (χ0n) is 12.0. The van der Waals surface area contributed by atoms with Crippen LogP contribution in [0.2, 0.25) is 0 Å². The number of rotatable bonds is 2. The minimum Gasteiger partial charge on any atom is -0.456 e. The van der Waals surface area contributed by atoms with Crippen LogP contribution in [-0.2, 0) is 19.1 Å². The van der Waals surface area contributed by atoms with Gasteiger partial charge in [-0.05, 0) is 10.8 Å². The molecule has 0 aromatic carbocycles. The molecule has 0 saturated carbocycles. The summed E-state index contributed by atoms with van der Waals surface area (Å²) >= 11 is 0. The predicted molar refractivity (Wildman–Crippen MR) is 68.6 cm³/mol. The van der Waals surface area contributed by atoms with Crippen LogP contribution in [0.4, 0.5) is 0 Å². The summed E-state index contributed by atoms with van der Waals surface area (Å²) in [5.74, 6) is 2.79. The number of ether oxygens (including phenoxy) is 2. The molecule has 0 rings (SSSR count). The lowest BCUT2D eigenvalue weighted by Gasteiger charge is -2.16. The summed E-state index contributed by atoms with van der Waals surface area (Å²) in [5, 5.41) is 0. The largest absolute Gasteiger partial charge is 0.456 e. The number of hydrogen-bond donors (Lipinski definition) is 0. The summed E-state index contributed by atoms with van der Waals surface area (Å²) in [4.78, 5) is 22.4. The van der Waals surface area contributed by atoms with Gasteiger partial charge in [0.25, 0.3) is 0 Å². The van der Waals surface area contributed by atoms with Crippen molar-refractivity contribution in [1.29, 1.82) is 0 Å². The van der Waals surface area contributed by atoms with E-state index in [1.165, 1.54) is 0 Å². The summed E-state index contributed by atoms with van der Waals surface area (Å²) in [6.07, 6.45) is 0. The quantitative estimate of drug-likeness (QED) is 0.430. The first-order valence-electron chi connectivity index (χ1n) is 5.85. The molecule has 18 heavy (non-hydrogen) atoms. The van der Waals surface area contributed by atoms with Crippen LogP contribution >= 0.6 is 0 Å². The average Bonchev–Trinajstić information content (AvgIpc) is 2.18. The lowest BCUT2D eigenvalue weighted by molar-refractivity contribution is -0.141. The Bertz CT molecular complexity index is 324. The maximum absolute atomic E-state index is 11.2. The molecule has 0 aliphatic rings. The van der Waals surface area contributed by atoms with Gasteiger partial charge in [0.15, 0.2) is 0 Å². The Morgan fingerprint density at radius 2 is 1.06 bits per heavy atom. The molecule has 4 heteroatoms. The fourth-order valence-electron chi connectivity index (χ4n) is 0.738. The van der Waals surface area contributed by atoms with Crippen LogP contribution < -0.4 is 0 Å². The summed E-state index contributed by atoms with van der Waals surface area (Å²) in [6, 6.07) is 0. The highest BCUT2D eigenvalue weighted by Crippen LogP contribution is 2.13. The van der Waals surface area contributed by atoms with Crippen molar-refractivity contribution in [3.63, 3.8) is 0 Å². The van der Waals surface area contributed by atoms with Gasteiger partial charge in [-0.25, -0.2) is 9.59 Å². The van der Waals surface area contributed by atoms with Crippen molar-refractivity contribution >= 4 is 11.9 Å². The van der Waals surface area contributed by atoms with Crippen molar-refractivity contribution in [2.45, 2.75) is 41.5 Å². The normalized spacial score (nSPS) is 11.2. The Hall–Kier alpha value is -1.50. The van der Waals surface area contributed by atoms with E-state index in [2.05, 4.69) is 11.8 Å². The lowest BCUT2D eigenvalue weighted by atomic mass is 9.99. The molecule has 0 saturated heterocycles. The third kappa shape index (κ3) is 11.0. The molecular weight excluding hydrogens is 232 g/mol. The topological polar surface area (TPSA) is 52.6 Å². The molecule has 0 unspecified atom stereocenters. The Kier molecular flexibility index (Phi) is 5.90. The predicted octanol–water partition coefficient (Wildman–Crippen LogP) is 2.17. The Morgan fingerprint density at radius 3 is 1.28 bits per heavy atom. The van der Waals surface area contributed by atoms with Gasteiger partial charge in [0, 0.05) is 11.8 Å². The Balaban J connectivity index is 4.09. The molecule has 0 aliphatic heterocycles. The molecule has 0 amide bonds. The van der Waals surface area contributed by atoms with E-state index in [-0.39, 0.29) is 24.0 Å². The molecule has 0 atom stereocenters. The van der Waals surface area contributed by atoms with Crippen LogP contribution in [0.25, 0.3) is 0 Å². The monoisotopic (exact) mass is 254 g/mol. The Labute approximate surface area is 109 Å². The molecule has 102 valence electrons. The molecule has 0 fully saturated rings. The average molecular weight is 254 g/mol. The van der Waals surface area contributed by atoms with Crippen LogP contribution in [0.1, 0.15) is 41.5 Å². The molecule has 0 bridgehead atoms. The summed E-state index contributed by atoms with van der Waals surface area (Å²) in [6.45, 7) is 12.1. The zero-order chi connectivity index (χ0) is 14.4. The van der Waals surface area contributed by atoms with Crippen molar-refractivity contribution < 1.29 is 19.1 Å². The highest BCUT2D eigenvalue weighted by Gasteiger charge is 2.14. The standard InChI is InChI=1S/C14H22O4/c1-13(2,3)9-17-11(15)7-8-12(16)18-10-14(4,5)6/h9-10H2,1-6H3. The second kappa shape index (κ2) is 6.44. The van der Waals surface area contributed by atoms with Gasteiger partial charge in [-0.15, -0.1) is 0 Å². The molecule has 0 N–H and O–H groups in total. The zero-order valence-corrected chi connectivity index (χ0v) is 12.0. The van der Waals surface area contributed by atoms with Gasteiger partial charge in [0.05, 0.1) is 13.2 Å². The molecule has 0 heterocycles. The number of hydrogen-bond acceptors (Lipinski definition) is 4. The lowest BCUT2D eigenvalue weighted by Crippen LogP contribution is -2.18. The number of carbonyl (C=O) groups is 2. The van der Waals surface area contributed by atoms with Crippen LogP contribution in [0.15, 0.2) is 0 Å². The van der Waals surface area contributed by atoms with Crippen LogP contribution in [0, 0.1) is 22.7 Å². The van der Waals surface area contributed by atoms with E-state index < -0.39 is 11.9 Å². The first-order valence-corrected chi connectivity index (χ1v) is 5.85. The third-order valence-electron chi connectivity index (χ3n) is 1.54. The molecule has 0 aromatic rings. The number of esters is 2. The third-order valence-corrected chi connectivity index (χ3v) is 1.54. The second-order valence-electron chi connectivity index (χ2n) is 6.52. The minimum absolute atomic E-state index is 0.121. The van der Waals surface area contributed by atoms with E-state index in [4.69, 9.17) is 9.47 Å². The van der Waals surface area contributed by atoms with Gasteiger partial charge in [0.2, 0.25) is 0 Å². The van der Waals surface area contributed by atoms with Crippen LogP contribution in [0.5, 0.6) is 0 Å². The van der Waals surface area contributed by atoms with E-state index in [0.717, 1.165) is 0 Å². The van der Waals surface area contributed by atoms with Crippen molar-refractivity contribution in [2.24, 2.45) is 10.8 Å². The fourth-order valence-corrected chi connectivity index (χ4v) is 0.738. The van der Waals surface area contributed by atoms with Crippen molar-refractivity contribution in [3.05, 3.63) is 0 Å². The van der Waals surface area contributed by atoms with Gasteiger partial charge in [-0.1, -0.05) is 41.5 Å². The van der Waals surface area contributed by atoms with E-state index in [1.807, 2.05) is 41.5 Å². The molecule has 0 spiro atoms. The van der Waals surface area contributed by atoms with Crippen LogP contribution in [0.3, 0.4) is 0 Å². The van der Waals surface area contributed by atoms with E-state index in [1.54, 1.807) is 0 Å². The summed E-state index contributed by atoms with van der Waals surface area (Å²) < 4.78 is 9.76. The van der Waals surface area contributed by atoms with Gasteiger partial charge < -0.3 is 9.47 Å². The Morgan fingerprint density at radius 1 is 0.778 bits per heavy atom. The van der Waals surface area contributed by atoms with E-state index >= 15 is 0 Å². The molecular formula is C14H22O4. The second-order valence-corrected chi connectivity index (χ2v) is 6.52. The molecule has 0 aromatic heterocycles. The molecule has 0 radical (unpaired) electrons. The van der Waals surface area contributed by atoms with Crippen LogP contribution in [-0.4, -0.2) is 25.2 Å². The first kappa shape index (κ1) is 16.5. The van der Waals surface area contributed by atoms with Crippen molar-refractivity contribution in [1.82, 2.24) is 0 Å². The summed E-state index contributed by atoms with van der Waals surface area (Å²) in [7, 11) is 0. The van der Waals surface area contributed by atoms with Gasteiger partial charge in [0.1, 0.15) is 0 Å². The summed E-state index contributed by atoms with van der Waals surface area (Å²) in [5.41, 5.74) is -0.242. The minimum atomic E-state index is -0.711. The van der Waals surface area contributed by atoms with Gasteiger partial charge >= 0.3 is 11.9 Å². The fraction of sp³-hybridized carbons (Fsp3) is 0.714. The molecule has 4 nitrogen and oxygen atoms in total. The van der Waals surface area contributed by atoms with Gasteiger partial charge in [-0.2, -0.15) is 0 Å². The van der Waals surface area contributed by atoms with Crippen molar-refractivity contribution in [3.8, 4) is 11.8 Å². The highest BCUT2D eigenvalue weighted by atomic mass is 16.5. The van der Waals surface area contributed by atoms with Crippen molar-refractivity contribution in [2.75, 3.05) is 13.2 Å². The van der Waals surface area contributed by atoms with E-state index in [0.29, 0.717) is 0 Å². The van der Waals surface area contributed by atoms with Gasteiger partial charge in [-0.3, -0.25) is 0 Å².